The van der Waals surface area contributed by atoms with Crippen molar-refractivity contribution in [2.75, 3.05) is 33.3 Å². The topological polar surface area (TPSA) is 75.7 Å². The highest BCUT2D eigenvalue weighted by molar-refractivity contribution is 7.89. The first-order chi connectivity index (χ1) is 9.46. The number of carbonyl (C=O) groups is 1. The van der Waals surface area contributed by atoms with Gasteiger partial charge < -0.3 is 10.1 Å². The third-order valence-corrected chi connectivity index (χ3v) is 5.00. The van der Waals surface area contributed by atoms with Crippen molar-refractivity contribution < 1.29 is 22.3 Å². The second kappa shape index (κ2) is 5.86. The third-order valence-electron chi connectivity index (χ3n) is 3.04. The molecule has 1 N–H and O–H groups in total. The van der Waals surface area contributed by atoms with Crippen LogP contribution in [0.1, 0.15) is 10.4 Å². The molecule has 1 aliphatic rings. The highest BCUT2D eigenvalue weighted by atomic mass is 32.2. The summed E-state index contributed by atoms with van der Waals surface area (Å²) in [5.41, 5.74) is -0.286. The maximum atomic E-state index is 13.2. The molecule has 0 saturated carbocycles. The summed E-state index contributed by atoms with van der Waals surface area (Å²) >= 11 is 0. The lowest BCUT2D eigenvalue weighted by Gasteiger charge is -2.27. The van der Waals surface area contributed by atoms with Crippen molar-refractivity contribution in [1.82, 2.24) is 9.62 Å². The molecule has 1 heterocycles. The molecule has 0 aliphatic carbocycles. The smallest absolute Gasteiger partial charge is 0.339 e. The van der Waals surface area contributed by atoms with E-state index in [9.17, 15) is 17.6 Å². The first-order valence-electron chi connectivity index (χ1n) is 6.05. The number of piperazine rings is 1. The van der Waals surface area contributed by atoms with Crippen LogP contribution < -0.4 is 5.32 Å². The van der Waals surface area contributed by atoms with Crippen molar-refractivity contribution in [2.45, 2.75) is 4.90 Å². The fourth-order valence-corrected chi connectivity index (χ4v) is 3.62. The molecule has 0 amide bonds. The van der Waals surface area contributed by atoms with Gasteiger partial charge in [0.2, 0.25) is 10.0 Å². The number of sulfonamides is 1. The Morgan fingerprint density at radius 2 is 2.00 bits per heavy atom. The SMILES string of the molecule is COC(=O)c1cc(F)ccc1S(=O)(=O)N1CCNCC1. The van der Waals surface area contributed by atoms with E-state index in [0.717, 1.165) is 25.3 Å². The molecule has 0 spiro atoms. The van der Waals surface area contributed by atoms with Crippen LogP contribution in [0.5, 0.6) is 0 Å². The van der Waals surface area contributed by atoms with Crippen molar-refractivity contribution in [2.24, 2.45) is 0 Å². The quantitative estimate of drug-likeness (QED) is 0.808. The zero-order chi connectivity index (χ0) is 14.8. The van der Waals surface area contributed by atoms with Crippen LogP contribution in [-0.2, 0) is 14.8 Å². The molecule has 0 radical (unpaired) electrons. The van der Waals surface area contributed by atoms with Crippen molar-refractivity contribution in [3.05, 3.63) is 29.6 Å². The summed E-state index contributed by atoms with van der Waals surface area (Å²) in [4.78, 5) is 11.4. The molecule has 0 aromatic heterocycles. The number of rotatable bonds is 3. The van der Waals surface area contributed by atoms with Gasteiger partial charge in [-0.05, 0) is 18.2 Å². The number of carbonyl (C=O) groups excluding carboxylic acids is 1. The number of nitrogens with one attached hydrogen (secondary N) is 1. The molecule has 0 unspecified atom stereocenters. The number of hydrogen-bond acceptors (Lipinski definition) is 5. The minimum atomic E-state index is -3.84. The van der Waals surface area contributed by atoms with Gasteiger partial charge in [-0.15, -0.1) is 0 Å². The lowest BCUT2D eigenvalue weighted by molar-refractivity contribution is 0.0595. The van der Waals surface area contributed by atoms with Crippen LogP contribution in [0, 0.1) is 5.82 Å². The Balaban J connectivity index is 2.48. The minimum absolute atomic E-state index is 0.229. The van der Waals surface area contributed by atoms with Gasteiger partial charge in [0.1, 0.15) is 5.82 Å². The van der Waals surface area contributed by atoms with Crippen molar-refractivity contribution in [1.29, 1.82) is 0 Å². The summed E-state index contributed by atoms with van der Waals surface area (Å²) in [6.45, 7) is 1.68. The van der Waals surface area contributed by atoms with Gasteiger partial charge in [0.15, 0.2) is 0 Å². The van der Waals surface area contributed by atoms with Crippen LogP contribution in [0.15, 0.2) is 23.1 Å². The summed E-state index contributed by atoms with van der Waals surface area (Å²) in [6, 6.07) is 2.99. The Labute approximate surface area is 116 Å². The van der Waals surface area contributed by atoms with Crippen molar-refractivity contribution in [3.63, 3.8) is 0 Å². The summed E-state index contributed by atoms with van der Waals surface area (Å²) in [7, 11) is -2.72. The largest absolute Gasteiger partial charge is 0.465 e. The molecule has 0 bridgehead atoms. The Bertz CT molecular complexity index is 612. The monoisotopic (exact) mass is 302 g/mol. The fraction of sp³-hybridized carbons (Fsp3) is 0.417. The summed E-state index contributed by atoms with van der Waals surface area (Å²) in [5.74, 6) is -1.57. The summed E-state index contributed by atoms with van der Waals surface area (Å²) in [5, 5.41) is 3.04. The second-order valence-electron chi connectivity index (χ2n) is 4.29. The standard InChI is InChI=1S/C12H15FN2O4S/c1-19-12(16)10-8-9(13)2-3-11(10)20(17,18)15-6-4-14-5-7-15/h2-3,8,14H,4-7H2,1H3. The minimum Gasteiger partial charge on any atom is -0.465 e. The molecule has 110 valence electrons. The Morgan fingerprint density at radius 3 is 2.60 bits per heavy atom. The molecule has 1 aliphatic heterocycles. The van der Waals surface area contributed by atoms with Gasteiger partial charge >= 0.3 is 5.97 Å². The first-order valence-corrected chi connectivity index (χ1v) is 7.49. The molecule has 20 heavy (non-hydrogen) atoms. The average Bonchev–Trinajstić information content (AvgIpc) is 2.47. The first kappa shape index (κ1) is 14.9. The highest BCUT2D eigenvalue weighted by Crippen LogP contribution is 2.22. The zero-order valence-electron chi connectivity index (χ0n) is 10.9. The molecular weight excluding hydrogens is 287 g/mol. The van der Waals surface area contributed by atoms with E-state index < -0.39 is 21.8 Å². The van der Waals surface area contributed by atoms with Gasteiger partial charge in [-0.3, -0.25) is 0 Å². The molecule has 1 aromatic carbocycles. The maximum absolute atomic E-state index is 13.2. The summed E-state index contributed by atoms with van der Waals surface area (Å²) < 4.78 is 44.0. The van der Waals surface area contributed by atoms with Gasteiger partial charge in [-0.1, -0.05) is 0 Å². The molecule has 1 fully saturated rings. The van der Waals surface area contributed by atoms with E-state index in [-0.39, 0.29) is 10.5 Å². The molecule has 1 aromatic rings. The Kier molecular flexibility index (Phi) is 4.36. The molecule has 1 saturated heterocycles. The molecule has 0 atom stereocenters. The van der Waals surface area contributed by atoms with Crippen LogP contribution in [0.3, 0.4) is 0 Å². The molecule has 8 heteroatoms. The van der Waals surface area contributed by atoms with E-state index in [1.807, 2.05) is 0 Å². The lowest BCUT2D eigenvalue weighted by atomic mass is 10.2. The van der Waals surface area contributed by atoms with E-state index in [2.05, 4.69) is 10.1 Å². The highest BCUT2D eigenvalue weighted by Gasteiger charge is 2.30. The Hall–Kier alpha value is -1.51. The van der Waals surface area contributed by atoms with Gasteiger partial charge in [-0.25, -0.2) is 17.6 Å². The second-order valence-corrected chi connectivity index (χ2v) is 6.19. The number of hydrogen-bond donors (Lipinski definition) is 1. The van der Waals surface area contributed by atoms with E-state index >= 15 is 0 Å². The van der Waals surface area contributed by atoms with Gasteiger partial charge in [0.05, 0.1) is 17.6 Å². The van der Waals surface area contributed by atoms with Crippen LogP contribution >= 0.6 is 0 Å². The van der Waals surface area contributed by atoms with Crippen LogP contribution in [0.4, 0.5) is 4.39 Å². The number of ether oxygens (including phenoxy) is 1. The molecule has 2 rings (SSSR count). The maximum Gasteiger partial charge on any atom is 0.339 e. The number of methoxy groups -OCH3 is 1. The van der Waals surface area contributed by atoms with Crippen LogP contribution in [-0.4, -0.2) is 52.0 Å². The van der Waals surface area contributed by atoms with E-state index in [4.69, 9.17) is 0 Å². The zero-order valence-corrected chi connectivity index (χ0v) is 11.7. The predicted octanol–water partition coefficient (Wildman–Crippen LogP) is 0.206. The normalized spacial score (nSPS) is 16.9. The van der Waals surface area contributed by atoms with Crippen LogP contribution in [0.25, 0.3) is 0 Å². The van der Waals surface area contributed by atoms with Crippen LogP contribution in [0.2, 0.25) is 0 Å². The molecule has 6 nitrogen and oxygen atoms in total. The Morgan fingerprint density at radius 1 is 1.35 bits per heavy atom. The van der Waals surface area contributed by atoms with E-state index in [1.54, 1.807) is 0 Å². The lowest BCUT2D eigenvalue weighted by Crippen LogP contribution is -2.46. The van der Waals surface area contributed by atoms with Crippen molar-refractivity contribution in [3.8, 4) is 0 Å². The van der Waals surface area contributed by atoms with E-state index in [0.29, 0.717) is 26.2 Å². The fourth-order valence-electron chi connectivity index (χ4n) is 2.02. The van der Waals surface area contributed by atoms with Crippen molar-refractivity contribution >= 4 is 16.0 Å². The number of esters is 1. The van der Waals surface area contributed by atoms with E-state index in [1.165, 1.54) is 4.31 Å². The number of nitrogens with zero attached hydrogens (tertiary/aromatic N) is 1. The van der Waals surface area contributed by atoms with Gasteiger partial charge in [0, 0.05) is 26.2 Å². The summed E-state index contributed by atoms with van der Waals surface area (Å²) in [6.07, 6.45) is 0. The average molecular weight is 302 g/mol. The van der Waals surface area contributed by atoms with Gasteiger partial charge in [-0.2, -0.15) is 4.31 Å². The predicted molar refractivity (Wildman–Crippen MR) is 69.4 cm³/mol. The number of benzene rings is 1. The number of halogens is 1. The third kappa shape index (κ3) is 2.82. The molecular formula is C12H15FN2O4S. The van der Waals surface area contributed by atoms with Gasteiger partial charge in [0.25, 0.3) is 0 Å².